The summed E-state index contributed by atoms with van der Waals surface area (Å²) in [5, 5.41) is 3.30. The molecule has 3 nitrogen and oxygen atoms in total. The third-order valence-electron chi connectivity index (χ3n) is 4.09. The van der Waals surface area contributed by atoms with E-state index in [0.717, 1.165) is 47.0 Å². The molecule has 3 aromatic rings. The Bertz CT molecular complexity index is 856. The van der Waals surface area contributed by atoms with Crippen LogP contribution in [0.5, 0.6) is 0 Å². The van der Waals surface area contributed by atoms with Crippen LogP contribution in [0.4, 0.5) is 4.39 Å². The first kappa shape index (κ1) is 13.8. The first-order valence-electron chi connectivity index (χ1n) is 7.30. The Balaban J connectivity index is 1.92. The van der Waals surface area contributed by atoms with Gasteiger partial charge in [0.15, 0.2) is 0 Å². The Kier molecular flexibility index (Phi) is 3.39. The van der Waals surface area contributed by atoms with Crippen molar-refractivity contribution >= 4 is 22.8 Å². The van der Waals surface area contributed by atoms with Crippen molar-refractivity contribution in [2.75, 3.05) is 12.8 Å². The van der Waals surface area contributed by atoms with Crippen molar-refractivity contribution in [1.29, 1.82) is 0 Å². The van der Waals surface area contributed by atoms with Crippen LogP contribution in [0.15, 0.2) is 41.3 Å². The Hall–Kier alpha value is -1.85. The molecule has 112 valence electrons. The summed E-state index contributed by atoms with van der Waals surface area (Å²) in [7, 11) is 0. The van der Waals surface area contributed by atoms with E-state index in [2.05, 4.69) is 14.9 Å². The minimum atomic E-state index is -0.214. The third-order valence-corrected chi connectivity index (χ3v) is 4.82. The summed E-state index contributed by atoms with van der Waals surface area (Å²) in [5.41, 5.74) is 3.31. The lowest BCUT2D eigenvalue weighted by molar-refractivity contribution is 0.514. The van der Waals surface area contributed by atoms with Crippen LogP contribution in [0.1, 0.15) is 5.82 Å². The predicted molar refractivity (Wildman–Crippen MR) is 88.6 cm³/mol. The lowest BCUT2D eigenvalue weighted by Crippen LogP contribution is -2.28. The quantitative estimate of drug-likeness (QED) is 0.732. The number of nitrogens with one attached hydrogen (secondary N) is 1. The standard InChI is InChI=1S/C17H16FN3S/c1-22-12-4-2-3-11(7-12)13-8-16-15(9-14(13)18)20-17-10-19-5-6-21(16)17/h2-4,7-9,19H,5-6,10H2,1H3. The maximum Gasteiger partial charge on any atom is 0.133 e. The molecular formula is C17H16FN3S. The maximum atomic E-state index is 14.5. The van der Waals surface area contributed by atoms with Gasteiger partial charge in [0.2, 0.25) is 0 Å². The number of benzene rings is 2. The van der Waals surface area contributed by atoms with Gasteiger partial charge in [0.25, 0.3) is 0 Å². The van der Waals surface area contributed by atoms with Gasteiger partial charge < -0.3 is 9.88 Å². The van der Waals surface area contributed by atoms with E-state index in [1.54, 1.807) is 17.8 Å². The van der Waals surface area contributed by atoms with Gasteiger partial charge in [-0.1, -0.05) is 12.1 Å². The highest BCUT2D eigenvalue weighted by Crippen LogP contribution is 2.30. The third kappa shape index (κ3) is 2.21. The van der Waals surface area contributed by atoms with Gasteiger partial charge in [0.1, 0.15) is 11.6 Å². The zero-order valence-electron chi connectivity index (χ0n) is 12.3. The van der Waals surface area contributed by atoms with Crippen LogP contribution in [0, 0.1) is 5.82 Å². The molecule has 0 aliphatic carbocycles. The van der Waals surface area contributed by atoms with Gasteiger partial charge in [0, 0.05) is 29.6 Å². The Morgan fingerprint density at radius 1 is 1.27 bits per heavy atom. The fourth-order valence-corrected chi connectivity index (χ4v) is 3.44. The van der Waals surface area contributed by atoms with Gasteiger partial charge >= 0.3 is 0 Å². The van der Waals surface area contributed by atoms with E-state index in [1.165, 1.54) is 0 Å². The van der Waals surface area contributed by atoms with Crippen LogP contribution >= 0.6 is 11.8 Å². The van der Waals surface area contributed by atoms with Crippen molar-refractivity contribution in [2.24, 2.45) is 0 Å². The molecule has 0 amide bonds. The Morgan fingerprint density at radius 2 is 2.18 bits per heavy atom. The lowest BCUT2D eigenvalue weighted by Gasteiger charge is -2.15. The molecule has 5 heteroatoms. The molecule has 2 aromatic carbocycles. The molecule has 0 unspecified atom stereocenters. The van der Waals surface area contributed by atoms with Crippen LogP contribution in [-0.4, -0.2) is 22.4 Å². The normalized spacial score (nSPS) is 14.3. The summed E-state index contributed by atoms with van der Waals surface area (Å²) in [6.45, 7) is 2.54. The molecule has 0 radical (unpaired) electrons. The van der Waals surface area contributed by atoms with Crippen molar-refractivity contribution in [2.45, 2.75) is 18.0 Å². The molecule has 0 saturated heterocycles. The van der Waals surface area contributed by atoms with Crippen LogP contribution in [0.2, 0.25) is 0 Å². The van der Waals surface area contributed by atoms with Crippen LogP contribution in [-0.2, 0) is 13.1 Å². The number of hydrogen-bond acceptors (Lipinski definition) is 3. The predicted octanol–water partition coefficient (Wildman–Crippen LogP) is 3.67. The molecule has 0 spiro atoms. The van der Waals surface area contributed by atoms with E-state index in [0.29, 0.717) is 5.56 Å². The molecule has 0 bridgehead atoms. The second kappa shape index (κ2) is 5.41. The number of rotatable bonds is 2. The highest BCUT2D eigenvalue weighted by molar-refractivity contribution is 7.98. The number of fused-ring (bicyclic) bond motifs is 3. The highest BCUT2D eigenvalue weighted by atomic mass is 32.2. The monoisotopic (exact) mass is 313 g/mol. The smallest absolute Gasteiger partial charge is 0.133 e. The van der Waals surface area contributed by atoms with E-state index >= 15 is 0 Å². The number of aromatic nitrogens is 2. The SMILES string of the molecule is CSc1cccc(-c2cc3c(cc2F)nc2n3CCNC2)c1. The summed E-state index contributed by atoms with van der Waals surface area (Å²) in [5.74, 6) is 0.768. The van der Waals surface area contributed by atoms with Gasteiger partial charge in [-0.15, -0.1) is 11.8 Å². The van der Waals surface area contributed by atoms with Gasteiger partial charge in [-0.25, -0.2) is 9.37 Å². The molecule has 1 aliphatic heterocycles. The second-order valence-electron chi connectivity index (χ2n) is 5.41. The minimum absolute atomic E-state index is 0.214. The van der Waals surface area contributed by atoms with Gasteiger partial charge in [-0.2, -0.15) is 0 Å². The summed E-state index contributed by atoms with van der Waals surface area (Å²) in [6, 6.07) is 11.5. The highest BCUT2D eigenvalue weighted by Gasteiger charge is 2.17. The zero-order chi connectivity index (χ0) is 15.1. The molecule has 4 rings (SSSR count). The van der Waals surface area contributed by atoms with Crippen LogP contribution in [0.3, 0.4) is 0 Å². The molecule has 1 aliphatic rings. The van der Waals surface area contributed by atoms with E-state index < -0.39 is 0 Å². The molecule has 0 fully saturated rings. The molecule has 0 saturated carbocycles. The van der Waals surface area contributed by atoms with Crippen molar-refractivity contribution in [3.63, 3.8) is 0 Å². The Labute approximate surface area is 132 Å². The zero-order valence-corrected chi connectivity index (χ0v) is 13.1. The molecule has 1 aromatic heterocycles. The average molecular weight is 313 g/mol. The number of thioether (sulfide) groups is 1. The fourth-order valence-electron chi connectivity index (χ4n) is 2.98. The van der Waals surface area contributed by atoms with Crippen molar-refractivity contribution < 1.29 is 4.39 Å². The Morgan fingerprint density at radius 3 is 3.05 bits per heavy atom. The lowest BCUT2D eigenvalue weighted by atomic mass is 10.0. The molecule has 0 atom stereocenters. The molecule has 2 heterocycles. The molecule has 1 N–H and O–H groups in total. The molecule has 22 heavy (non-hydrogen) atoms. The molecular weight excluding hydrogens is 297 g/mol. The van der Waals surface area contributed by atoms with E-state index in [-0.39, 0.29) is 5.82 Å². The van der Waals surface area contributed by atoms with Gasteiger partial charge in [-0.3, -0.25) is 0 Å². The fraction of sp³-hybridized carbons (Fsp3) is 0.235. The van der Waals surface area contributed by atoms with Crippen molar-refractivity contribution in [3.05, 3.63) is 48.0 Å². The summed E-state index contributed by atoms with van der Waals surface area (Å²) in [6.07, 6.45) is 2.03. The number of imidazole rings is 1. The summed E-state index contributed by atoms with van der Waals surface area (Å²) < 4.78 is 16.7. The van der Waals surface area contributed by atoms with Gasteiger partial charge in [0.05, 0.1) is 17.6 Å². The minimum Gasteiger partial charge on any atom is -0.326 e. The number of hydrogen-bond donors (Lipinski definition) is 1. The maximum absolute atomic E-state index is 14.5. The summed E-state index contributed by atoms with van der Waals surface area (Å²) in [4.78, 5) is 5.67. The van der Waals surface area contributed by atoms with Crippen LogP contribution in [0.25, 0.3) is 22.2 Å². The van der Waals surface area contributed by atoms with Crippen molar-refractivity contribution in [3.8, 4) is 11.1 Å². The van der Waals surface area contributed by atoms with Crippen LogP contribution < -0.4 is 5.32 Å². The van der Waals surface area contributed by atoms with E-state index in [4.69, 9.17) is 0 Å². The topological polar surface area (TPSA) is 29.9 Å². The number of halogens is 1. The largest absolute Gasteiger partial charge is 0.326 e. The van der Waals surface area contributed by atoms with E-state index in [1.807, 2.05) is 36.6 Å². The number of nitrogens with zero attached hydrogens (tertiary/aromatic N) is 2. The average Bonchev–Trinajstić information content (AvgIpc) is 2.91. The first-order valence-corrected chi connectivity index (χ1v) is 8.52. The van der Waals surface area contributed by atoms with Crippen molar-refractivity contribution in [1.82, 2.24) is 14.9 Å². The van der Waals surface area contributed by atoms with Gasteiger partial charge in [-0.05, 0) is 30.0 Å². The van der Waals surface area contributed by atoms with E-state index in [9.17, 15) is 4.39 Å². The summed E-state index contributed by atoms with van der Waals surface area (Å²) >= 11 is 1.66. The second-order valence-corrected chi connectivity index (χ2v) is 6.29. The first-order chi connectivity index (χ1) is 10.8.